The Kier molecular flexibility index (Phi) is 2.77. The van der Waals surface area contributed by atoms with Gasteiger partial charge in [-0.05, 0) is 32.6 Å². The first kappa shape index (κ1) is 9.97. The topological polar surface area (TPSA) is 46.3 Å². The molecule has 0 spiro atoms. The predicted molar refractivity (Wildman–Crippen MR) is 55.7 cm³/mol. The highest BCUT2D eigenvalue weighted by atomic mass is 16.2. The van der Waals surface area contributed by atoms with Gasteiger partial charge in [-0.1, -0.05) is 6.42 Å². The standard InChI is InChI=1S/C11H20N2O/c1-2-13(8-6-7-8)11(14)9-4-3-5-10(9)12/h8-10H,2-7,12H2,1H3. The summed E-state index contributed by atoms with van der Waals surface area (Å²) in [5.41, 5.74) is 5.95. The molecule has 0 bridgehead atoms. The van der Waals surface area contributed by atoms with Crippen molar-refractivity contribution >= 4 is 5.91 Å². The molecule has 1 amide bonds. The van der Waals surface area contributed by atoms with Crippen molar-refractivity contribution in [1.82, 2.24) is 4.90 Å². The van der Waals surface area contributed by atoms with E-state index in [0.717, 1.165) is 25.8 Å². The second-order valence-electron chi connectivity index (χ2n) is 4.56. The highest BCUT2D eigenvalue weighted by molar-refractivity contribution is 5.80. The highest BCUT2D eigenvalue weighted by Gasteiger charge is 2.38. The fourth-order valence-corrected chi connectivity index (χ4v) is 2.49. The van der Waals surface area contributed by atoms with Gasteiger partial charge in [-0.2, -0.15) is 0 Å². The number of hydrogen-bond donors (Lipinski definition) is 1. The quantitative estimate of drug-likeness (QED) is 0.735. The van der Waals surface area contributed by atoms with Crippen LogP contribution in [0.3, 0.4) is 0 Å². The number of nitrogens with zero attached hydrogens (tertiary/aromatic N) is 1. The summed E-state index contributed by atoms with van der Waals surface area (Å²) in [5.74, 6) is 0.440. The minimum absolute atomic E-state index is 0.121. The Morgan fingerprint density at radius 1 is 1.36 bits per heavy atom. The van der Waals surface area contributed by atoms with Crippen molar-refractivity contribution < 1.29 is 4.79 Å². The fourth-order valence-electron chi connectivity index (χ4n) is 2.49. The van der Waals surface area contributed by atoms with Crippen molar-refractivity contribution in [3.05, 3.63) is 0 Å². The SMILES string of the molecule is CCN(C(=O)C1CCCC1N)C1CC1. The number of carbonyl (C=O) groups is 1. The molecule has 14 heavy (non-hydrogen) atoms. The van der Waals surface area contributed by atoms with Crippen molar-refractivity contribution in [1.29, 1.82) is 0 Å². The van der Waals surface area contributed by atoms with Gasteiger partial charge in [-0.15, -0.1) is 0 Å². The third-order valence-electron chi connectivity index (χ3n) is 3.50. The molecule has 2 aliphatic carbocycles. The van der Waals surface area contributed by atoms with Crippen LogP contribution in [0.4, 0.5) is 0 Å². The van der Waals surface area contributed by atoms with Crippen molar-refractivity contribution in [3.8, 4) is 0 Å². The normalized spacial score (nSPS) is 31.9. The fraction of sp³-hybridized carbons (Fsp3) is 0.909. The molecular formula is C11H20N2O. The molecule has 2 unspecified atom stereocenters. The summed E-state index contributed by atoms with van der Waals surface area (Å²) in [6.45, 7) is 2.92. The van der Waals surface area contributed by atoms with E-state index in [4.69, 9.17) is 5.73 Å². The molecule has 0 aliphatic heterocycles. The Bertz CT molecular complexity index is 221. The maximum Gasteiger partial charge on any atom is 0.227 e. The average molecular weight is 196 g/mol. The summed E-state index contributed by atoms with van der Waals surface area (Å²) in [7, 11) is 0. The smallest absolute Gasteiger partial charge is 0.227 e. The number of carbonyl (C=O) groups excluding carboxylic acids is 1. The third kappa shape index (κ3) is 1.78. The van der Waals surface area contributed by atoms with Crippen LogP contribution < -0.4 is 5.73 Å². The van der Waals surface area contributed by atoms with Gasteiger partial charge in [-0.25, -0.2) is 0 Å². The van der Waals surface area contributed by atoms with Gasteiger partial charge in [0, 0.05) is 18.6 Å². The summed E-state index contributed by atoms with van der Waals surface area (Å²) >= 11 is 0. The summed E-state index contributed by atoms with van der Waals surface area (Å²) in [6, 6.07) is 0.663. The maximum atomic E-state index is 12.1. The lowest BCUT2D eigenvalue weighted by molar-refractivity contribution is -0.136. The number of amides is 1. The molecule has 0 aromatic rings. The van der Waals surface area contributed by atoms with E-state index < -0.39 is 0 Å². The lowest BCUT2D eigenvalue weighted by atomic mass is 10.0. The Morgan fingerprint density at radius 2 is 2.07 bits per heavy atom. The van der Waals surface area contributed by atoms with Crippen LogP contribution in [0.15, 0.2) is 0 Å². The van der Waals surface area contributed by atoms with E-state index in [1.165, 1.54) is 12.8 Å². The number of hydrogen-bond acceptors (Lipinski definition) is 2. The van der Waals surface area contributed by atoms with Crippen LogP contribution >= 0.6 is 0 Å². The lowest BCUT2D eigenvalue weighted by Gasteiger charge is -2.25. The Morgan fingerprint density at radius 3 is 2.50 bits per heavy atom. The molecule has 2 aliphatic rings. The second kappa shape index (κ2) is 3.89. The molecule has 2 saturated carbocycles. The molecule has 2 atom stereocenters. The molecule has 80 valence electrons. The van der Waals surface area contributed by atoms with E-state index in [2.05, 4.69) is 6.92 Å². The Balaban J connectivity index is 1.97. The Labute approximate surface area is 85.6 Å². The van der Waals surface area contributed by atoms with E-state index in [9.17, 15) is 4.79 Å². The molecule has 2 fully saturated rings. The summed E-state index contributed by atoms with van der Waals surface area (Å²) < 4.78 is 0. The third-order valence-corrected chi connectivity index (χ3v) is 3.50. The van der Waals surface area contributed by atoms with Crippen LogP contribution in [0.25, 0.3) is 0 Å². The van der Waals surface area contributed by atoms with Gasteiger partial charge < -0.3 is 10.6 Å². The van der Waals surface area contributed by atoms with Gasteiger partial charge in [0.25, 0.3) is 0 Å². The summed E-state index contributed by atoms with van der Waals surface area (Å²) in [6.07, 6.45) is 5.55. The molecule has 0 heterocycles. The predicted octanol–water partition coefficient (Wildman–Crippen LogP) is 1.12. The van der Waals surface area contributed by atoms with E-state index in [-0.39, 0.29) is 12.0 Å². The van der Waals surface area contributed by atoms with Gasteiger partial charge in [0.15, 0.2) is 0 Å². The molecule has 2 rings (SSSR count). The molecule has 0 saturated heterocycles. The zero-order chi connectivity index (χ0) is 10.1. The first-order valence-electron chi connectivity index (χ1n) is 5.80. The van der Waals surface area contributed by atoms with E-state index >= 15 is 0 Å². The van der Waals surface area contributed by atoms with Crippen molar-refractivity contribution in [2.75, 3.05) is 6.54 Å². The van der Waals surface area contributed by atoms with Crippen LogP contribution in [0, 0.1) is 5.92 Å². The minimum atomic E-state index is 0.121. The van der Waals surface area contributed by atoms with Gasteiger partial charge >= 0.3 is 0 Å². The highest BCUT2D eigenvalue weighted by Crippen LogP contribution is 2.32. The van der Waals surface area contributed by atoms with Crippen LogP contribution in [-0.2, 0) is 4.79 Å². The first-order valence-corrected chi connectivity index (χ1v) is 5.80. The monoisotopic (exact) mass is 196 g/mol. The molecule has 0 aromatic heterocycles. The van der Waals surface area contributed by atoms with Gasteiger partial charge in [-0.3, -0.25) is 4.79 Å². The molecule has 3 heteroatoms. The number of nitrogens with two attached hydrogens (primary N) is 1. The molecular weight excluding hydrogens is 176 g/mol. The van der Waals surface area contributed by atoms with Crippen LogP contribution in [0.5, 0.6) is 0 Å². The van der Waals surface area contributed by atoms with Crippen LogP contribution in [-0.4, -0.2) is 29.4 Å². The minimum Gasteiger partial charge on any atom is -0.340 e. The lowest BCUT2D eigenvalue weighted by Crippen LogP contribution is -2.42. The average Bonchev–Trinajstić information content (AvgIpc) is 2.90. The van der Waals surface area contributed by atoms with E-state index in [1.807, 2.05) is 4.90 Å². The van der Waals surface area contributed by atoms with Crippen molar-refractivity contribution in [3.63, 3.8) is 0 Å². The number of rotatable bonds is 3. The maximum absolute atomic E-state index is 12.1. The molecule has 2 N–H and O–H groups in total. The van der Waals surface area contributed by atoms with Gasteiger partial charge in [0.2, 0.25) is 5.91 Å². The van der Waals surface area contributed by atoms with Crippen LogP contribution in [0.1, 0.15) is 39.0 Å². The summed E-state index contributed by atoms with van der Waals surface area (Å²) in [4.78, 5) is 14.2. The Hall–Kier alpha value is -0.570. The van der Waals surface area contributed by atoms with Gasteiger partial charge in [0.1, 0.15) is 0 Å². The summed E-state index contributed by atoms with van der Waals surface area (Å²) in [5, 5.41) is 0. The first-order chi connectivity index (χ1) is 6.74. The van der Waals surface area contributed by atoms with Crippen LogP contribution in [0.2, 0.25) is 0 Å². The zero-order valence-electron chi connectivity index (χ0n) is 8.91. The van der Waals surface area contributed by atoms with Gasteiger partial charge in [0.05, 0.1) is 5.92 Å². The largest absolute Gasteiger partial charge is 0.340 e. The van der Waals surface area contributed by atoms with E-state index in [0.29, 0.717) is 11.9 Å². The second-order valence-corrected chi connectivity index (χ2v) is 4.56. The molecule has 0 aromatic carbocycles. The van der Waals surface area contributed by atoms with Crippen molar-refractivity contribution in [2.45, 2.75) is 51.1 Å². The molecule has 3 nitrogen and oxygen atoms in total. The van der Waals surface area contributed by atoms with E-state index in [1.54, 1.807) is 0 Å². The zero-order valence-corrected chi connectivity index (χ0v) is 8.91. The molecule has 0 radical (unpaired) electrons. The van der Waals surface area contributed by atoms with Crippen molar-refractivity contribution in [2.24, 2.45) is 11.7 Å².